The van der Waals surface area contributed by atoms with Crippen LogP contribution in [0.3, 0.4) is 0 Å². The van der Waals surface area contributed by atoms with Gasteiger partial charge in [-0.05, 0) is 43.9 Å². The van der Waals surface area contributed by atoms with Crippen LogP contribution in [0.5, 0.6) is 0 Å². The van der Waals surface area contributed by atoms with Crippen LogP contribution in [0.25, 0.3) is 0 Å². The third kappa shape index (κ3) is 3.01. The monoisotopic (exact) mass is 242 g/mol. The maximum atomic E-state index is 9.40. The van der Waals surface area contributed by atoms with Gasteiger partial charge < -0.3 is 14.9 Å². The zero-order valence-electron chi connectivity index (χ0n) is 11.0. The zero-order chi connectivity index (χ0) is 12.4. The van der Waals surface area contributed by atoms with Crippen LogP contribution in [0.1, 0.15) is 46.0 Å². The SMILES string of the molecule is CC1CCC2CCCC(C(C)C(O)O)C2CO1. The lowest BCUT2D eigenvalue weighted by Crippen LogP contribution is -2.38. The Kier molecular flexibility index (Phi) is 4.45. The van der Waals surface area contributed by atoms with Gasteiger partial charge in [-0.25, -0.2) is 0 Å². The first-order chi connectivity index (χ1) is 8.09. The van der Waals surface area contributed by atoms with Crippen molar-refractivity contribution >= 4 is 0 Å². The van der Waals surface area contributed by atoms with E-state index in [4.69, 9.17) is 4.74 Å². The van der Waals surface area contributed by atoms with Crippen molar-refractivity contribution in [1.82, 2.24) is 0 Å². The molecule has 17 heavy (non-hydrogen) atoms. The predicted molar refractivity (Wildman–Crippen MR) is 66.4 cm³/mol. The van der Waals surface area contributed by atoms with Crippen molar-refractivity contribution in [2.45, 2.75) is 58.3 Å². The number of aliphatic hydroxyl groups is 2. The molecule has 1 saturated carbocycles. The minimum absolute atomic E-state index is 0.0280. The molecule has 3 heteroatoms. The van der Waals surface area contributed by atoms with Gasteiger partial charge in [0.1, 0.15) is 0 Å². The molecule has 2 aliphatic rings. The van der Waals surface area contributed by atoms with E-state index < -0.39 is 6.29 Å². The Morgan fingerprint density at radius 1 is 1.12 bits per heavy atom. The van der Waals surface area contributed by atoms with Crippen molar-refractivity contribution in [3.05, 3.63) is 0 Å². The average Bonchev–Trinajstić information content (AvgIpc) is 2.50. The smallest absolute Gasteiger partial charge is 0.154 e. The molecule has 0 radical (unpaired) electrons. The van der Waals surface area contributed by atoms with Gasteiger partial charge in [-0.3, -0.25) is 0 Å². The van der Waals surface area contributed by atoms with E-state index in [1.54, 1.807) is 0 Å². The molecule has 0 aromatic rings. The van der Waals surface area contributed by atoms with E-state index in [0.717, 1.165) is 25.4 Å². The average molecular weight is 242 g/mol. The molecule has 2 fully saturated rings. The third-order valence-corrected chi connectivity index (χ3v) is 4.93. The number of fused-ring (bicyclic) bond motifs is 1. The fourth-order valence-corrected chi connectivity index (χ4v) is 3.69. The predicted octanol–water partition coefficient (Wildman–Crippen LogP) is 2.16. The van der Waals surface area contributed by atoms with E-state index in [2.05, 4.69) is 6.92 Å². The highest BCUT2D eigenvalue weighted by molar-refractivity contribution is 4.87. The summed E-state index contributed by atoms with van der Waals surface area (Å²) < 4.78 is 5.87. The summed E-state index contributed by atoms with van der Waals surface area (Å²) in [6, 6.07) is 0. The molecular formula is C14H26O3. The Morgan fingerprint density at radius 3 is 2.59 bits per heavy atom. The highest BCUT2D eigenvalue weighted by Crippen LogP contribution is 2.43. The molecule has 1 aliphatic carbocycles. The van der Waals surface area contributed by atoms with Gasteiger partial charge in [-0.1, -0.05) is 19.8 Å². The molecule has 0 aromatic heterocycles. The lowest BCUT2D eigenvalue weighted by atomic mass is 9.66. The van der Waals surface area contributed by atoms with E-state index in [9.17, 15) is 10.2 Å². The van der Waals surface area contributed by atoms with Gasteiger partial charge in [0, 0.05) is 5.92 Å². The van der Waals surface area contributed by atoms with Crippen LogP contribution in [-0.4, -0.2) is 29.2 Å². The maximum Gasteiger partial charge on any atom is 0.154 e. The molecule has 3 nitrogen and oxygen atoms in total. The van der Waals surface area contributed by atoms with Crippen molar-refractivity contribution in [2.75, 3.05) is 6.61 Å². The minimum Gasteiger partial charge on any atom is -0.378 e. The summed E-state index contributed by atoms with van der Waals surface area (Å²) in [4.78, 5) is 0. The number of rotatable bonds is 2. The van der Waals surface area contributed by atoms with Gasteiger partial charge in [-0.2, -0.15) is 0 Å². The van der Waals surface area contributed by atoms with Crippen LogP contribution in [0.15, 0.2) is 0 Å². The van der Waals surface area contributed by atoms with E-state index in [0.29, 0.717) is 17.9 Å². The van der Waals surface area contributed by atoms with Gasteiger partial charge in [0.25, 0.3) is 0 Å². The van der Waals surface area contributed by atoms with Gasteiger partial charge in [0.2, 0.25) is 0 Å². The van der Waals surface area contributed by atoms with Crippen molar-refractivity contribution in [1.29, 1.82) is 0 Å². The Bertz CT molecular complexity index is 242. The normalized spacial score (nSPS) is 40.8. The van der Waals surface area contributed by atoms with Crippen LogP contribution >= 0.6 is 0 Å². The molecule has 1 aliphatic heterocycles. The summed E-state index contributed by atoms with van der Waals surface area (Å²) in [5.74, 6) is 1.66. The summed E-state index contributed by atoms with van der Waals surface area (Å²) in [6.07, 6.45) is 5.25. The van der Waals surface area contributed by atoms with Crippen LogP contribution in [0.4, 0.5) is 0 Å². The largest absolute Gasteiger partial charge is 0.378 e. The molecule has 0 bridgehead atoms. The Hall–Kier alpha value is -0.120. The Morgan fingerprint density at radius 2 is 1.88 bits per heavy atom. The highest BCUT2D eigenvalue weighted by atomic mass is 16.5. The summed E-state index contributed by atoms with van der Waals surface area (Å²) in [5, 5.41) is 18.8. The van der Waals surface area contributed by atoms with Gasteiger partial charge in [-0.15, -0.1) is 0 Å². The Balaban J connectivity index is 2.06. The standard InChI is InChI=1S/C14H26O3/c1-9-6-7-11-4-3-5-12(10(2)14(15)16)13(11)8-17-9/h9-16H,3-8H2,1-2H3. The second kappa shape index (κ2) is 5.68. The molecule has 0 spiro atoms. The fraction of sp³-hybridized carbons (Fsp3) is 1.00. The molecule has 0 amide bonds. The van der Waals surface area contributed by atoms with Gasteiger partial charge in [0.05, 0.1) is 12.7 Å². The molecule has 1 saturated heterocycles. The summed E-state index contributed by atoms with van der Waals surface area (Å²) >= 11 is 0. The minimum atomic E-state index is -1.18. The van der Waals surface area contributed by atoms with Crippen molar-refractivity contribution in [3.8, 4) is 0 Å². The number of hydrogen-bond acceptors (Lipinski definition) is 3. The molecule has 5 unspecified atom stereocenters. The molecular weight excluding hydrogens is 216 g/mol. The third-order valence-electron chi connectivity index (χ3n) is 4.93. The molecule has 5 atom stereocenters. The van der Waals surface area contributed by atoms with Crippen LogP contribution in [-0.2, 0) is 4.74 Å². The first kappa shape index (κ1) is 13.3. The number of ether oxygens (including phenoxy) is 1. The lowest BCUT2D eigenvalue weighted by Gasteiger charge is -2.40. The van der Waals surface area contributed by atoms with Gasteiger partial charge in [0.15, 0.2) is 6.29 Å². The second-order valence-electron chi connectivity index (χ2n) is 6.01. The van der Waals surface area contributed by atoms with E-state index >= 15 is 0 Å². The highest BCUT2D eigenvalue weighted by Gasteiger charge is 2.39. The molecule has 2 rings (SSSR count). The molecule has 100 valence electrons. The molecule has 0 aromatic carbocycles. The van der Waals surface area contributed by atoms with E-state index in [-0.39, 0.29) is 5.92 Å². The fourth-order valence-electron chi connectivity index (χ4n) is 3.69. The molecule has 2 N–H and O–H groups in total. The topological polar surface area (TPSA) is 49.7 Å². The van der Waals surface area contributed by atoms with Gasteiger partial charge >= 0.3 is 0 Å². The number of hydrogen-bond donors (Lipinski definition) is 2. The van der Waals surface area contributed by atoms with E-state index in [1.165, 1.54) is 19.3 Å². The van der Waals surface area contributed by atoms with Crippen LogP contribution in [0.2, 0.25) is 0 Å². The zero-order valence-corrected chi connectivity index (χ0v) is 11.0. The second-order valence-corrected chi connectivity index (χ2v) is 6.01. The summed E-state index contributed by atoms with van der Waals surface area (Å²) in [7, 11) is 0. The Labute approximate surface area is 104 Å². The lowest BCUT2D eigenvalue weighted by molar-refractivity contribution is -0.116. The van der Waals surface area contributed by atoms with Crippen molar-refractivity contribution in [2.24, 2.45) is 23.7 Å². The molecule has 1 heterocycles. The maximum absolute atomic E-state index is 9.40. The van der Waals surface area contributed by atoms with Crippen molar-refractivity contribution in [3.63, 3.8) is 0 Å². The van der Waals surface area contributed by atoms with Crippen molar-refractivity contribution < 1.29 is 14.9 Å². The quantitative estimate of drug-likeness (QED) is 0.730. The van der Waals surface area contributed by atoms with Crippen LogP contribution in [0, 0.1) is 23.7 Å². The summed E-state index contributed by atoms with van der Waals surface area (Å²) in [6.45, 7) is 4.93. The number of aliphatic hydroxyl groups excluding tert-OH is 1. The summed E-state index contributed by atoms with van der Waals surface area (Å²) in [5.41, 5.74) is 0. The first-order valence-corrected chi connectivity index (χ1v) is 7.07. The van der Waals surface area contributed by atoms with E-state index in [1.807, 2.05) is 6.92 Å². The first-order valence-electron chi connectivity index (χ1n) is 7.07. The van der Waals surface area contributed by atoms with Crippen LogP contribution < -0.4 is 0 Å².